The molecule has 6 rings (SSSR count). The Bertz CT molecular complexity index is 2040. The second kappa shape index (κ2) is 19.0. The van der Waals surface area contributed by atoms with Crippen molar-refractivity contribution in [2.75, 3.05) is 53.0 Å². The third kappa shape index (κ3) is 10.5. The van der Waals surface area contributed by atoms with Crippen LogP contribution >= 0.6 is 18.9 Å². The van der Waals surface area contributed by atoms with Crippen LogP contribution in [0.3, 0.4) is 0 Å². The second-order valence-corrected chi connectivity index (χ2v) is 21.5. The minimum Gasteiger partial charge on any atom is -0.438 e. The van der Waals surface area contributed by atoms with Gasteiger partial charge in [-0.3, -0.25) is 42.4 Å². The van der Waals surface area contributed by atoms with Gasteiger partial charge < -0.3 is 34.2 Å². The van der Waals surface area contributed by atoms with E-state index in [9.17, 15) is 33.3 Å². The number of halogens is 2. The number of thiophene rings is 1. The van der Waals surface area contributed by atoms with Gasteiger partial charge in [-0.1, -0.05) is 18.9 Å². The zero-order valence-corrected chi connectivity index (χ0v) is 37.8. The first-order valence-corrected chi connectivity index (χ1v) is 23.4. The highest BCUT2D eigenvalue weighted by Crippen LogP contribution is 2.67. The van der Waals surface area contributed by atoms with E-state index >= 15 is 8.78 Å². The van der Waals surface area contributed by atoms with Crippen molar-refractivity contribution in [3.63, 3.8) is 0 Å². The number of rotatable bonds is 12. The predicted octanol–water partition coefficient (Wildman–Crippen LogP) is 6.01. The van der Waals surface area contributed by atoms with Gasteiger partial charge in [0.05, 0.1) is 34.8 Å². The van der Waals surface area contributed by atoms with Gasteiger partial charge in [-0.15, -0.1) is 11.3 Å². The summed E-state index contributed by atoms with van der Waals surface area (Å²) < 4.78 is 72.1. The molecule has 1 N–H and O–H groups in total. The zero-order valence-electron chi connectivity index (χ0n) is 36.1. The van der Waals surface area contributed by atoms with Crippen LogP contribution < -0.4 is 5.32 Å². The number of alkyl halides is 2. The molecule has 4 saturated heterocycles. The second-order valence-electron chi connectivity index (χ2n) is 18.3. The van der Waals surface area contributed by atoms with Crippen molar-refractivity contribution in [2.45, 2.75) is 110 Å². The van der Waals surface area contributed by atoms with E-state index in [0.717, 1.165) is 49.2 Å². The number of nitrogens with zero attached hydrogens (tertiary/aromatic N) is 3. The Kier molecular flexibility index (Phi) is 14.5. The molecule has 0 aliphatic carbocycles. The first-order valence-electron chi connectivity index (χ1n) is 21.0. The lowest BCUT2D eigenvalue weighted by molar-refractivity contribution is -0.163. The summed E-state index contributed by atoms with van der Waals surface area (Å²) in [6.07, 6.45) is 4.47. The number of likely N-dealkylation sites (tertiary alicyclic amines) is 1. The number of fused-ring (bicyclic) bond motifs is 2. The van der Waals surface area contributed by atoms with E-state index < -0.39 is 73.2 Å². The van der Waals surface area contributed by atoms with Crippen LogP contribution in [0.4, 0.5) is 8.78 Å². The highest BCUT2D eigenvalue weighted by atomic mass is 32.1. The van der Waals surface area contributed by atoms with E-state index in [0.29, 0.717) is 50.3 Å². The smallest absolute Gasteiger partial charge is 0.410 e. The van der Waals surface area contributed by atoms with Crippen molar-refractivity contribution in [3.8, 4) is 0 Å². The molecule has 4 fully saturated rings. The monoisotopic (exact) mass is 910 g/mol. The highest BCUT2D eigenvalue weighted by Gasteiger charge is 2.56. The molecule has 2 aromatic rings. The summed E-state index contributed by atoms with van der Waals surface area (Å²) in [5, 5.41) is 3.04. The Balaban J connectivity index is 1.15. The Hall–Kier alpha value is -4.03. The Morgan fingerprint density at radius 2 is 1.42 bits per heavy atom. The SMILES string of the molecule is CC(C)(C)C(=O)OCOP(=O)(OCOC(=O)C(C)(C)C)C(F)(F)c1ccc2sc(C(=O)N[C@H]3CCCC[C@H]4CCC[C@@H](C(=O)N5CC(C(=O)N6CCOCC6)C5)N4C3=O)cc2c1. The number of carbonyl (C=O) groups is 6. The minimum absolute atomic E-state index is 0.00463. The van der Waals surface area contributed by atoms with E-state index in [1.165, 1.54) is 53.7 Å². The Morgan fingerprint density at radius 3 is 2.03 bits per heavy atom. The highest BCUT2D eigenvalue weighted by molar-refractivity contribution is 7.54. The third-order valence-corrected chi connectivity index (χ3v) is 14.5. The number of nitrogens with one attached hydrogen (secondary N) is 1. The number of carbonyl (C=O) groups excluding carboxylic acids is 6. The molecule has 16 nitrogen and oxygen atoms in total. The fourth-order valence-corrected chi connectivity index (χ4v) is 10.0. The van der Waals surface area contributed by atoms with Gasteiger partial charge in [0.25, 0.3) is 5.91 Å². The van der Waals surface area contributed by atoms with Gasteiger partial charge in [-0.25, -0.2) is 0 Å². The molecule has 0 radical (unpaired) electrons. The number of morpholine rings is 1. The molecule has 4 aliphatic rings. The van der Waals surface area contributed by atoms with E-state index in [1.54, 1.807) is 14.7 Å². The average Bonchev–Trinajstić information content (AvgIpc) is 3.64. The molecule has 1 aromatic heterocycles. The molecule has 0 unspecified atom stereocenters. The fraction of sp³-hybridized carbons (Fsp3) is 0.667. The van der Waals surface area contributed by atoms with Crippen molar-refractivity contribution < 1.29 is 65.4 Å². The summed E-state index contributed by atoms with van der Waals surface area (Å²) in [7, 11) is -5.59. The Labute approximate surface area is 363 Å². The summed E-state index contributed by atoms with van der Waals surface area (Å²) in [4.78, 5) is 84.9. The lowest BCUT2D eigenvalue weighted by Gasteiger charge is -2.48. The van der Waals surface area contributed by atoms with Crippen LogP contribution in [0.2, 0.25) is 0 Å². The standard InChI is InChI=1S/C42H57F2N4O12PS/c1-40(2,3)38(53)57-24-59-61(55,60-25-58-39(54)41(4,5)6)42(43,44)28-14-15-32-26(20-28)21-33(62-32)34(49)45-30-12-8-7-10-29-11-9-13-31(48(29)36(30)51)37(52)47-22-27(23-47)35(50)46-16-18-56-19-17-46/h14-15,20-21,27,29-31H,7-13,16-19,22-25H2,1-6H3,(H,45,49)/t29-,30-,31-/m0/s1. The van der Waals surface area contributed by atoms with Crippen molar-refractivity contribution in [3.05, 3.63) is 34.7 Å². The average molecular weight is 911 g/mol. The number of ether oxygens (including phenoxy) is 3. The van der Waals surface area contributed by atoms with Crippen LogP contribution in [0.25, 0.3) is 10.1 Å². The number of hydrogen-bond acceptors (Lipinski definition) is 13. The lowest BCUT2D eigenvalue weighted by Crippen LogP contribution is -2.65. The van der Waals surface area contributed by atoms with E-state index in [1.807, 2.05) is 0 Å². The number of benzene rings is 1. The fourth-order valence-electron chi connectivity index (χ4n) is 7.83. The van der Waals surface area contributed by atoms with Gasteiger partial charge in [0.1, 0.15) is 12.1 Å². The van der Waals surface area contributed by atoms with E-state index in [4.69, 9.17) is 23.3 Å². The van der Waals surface area contributed by atoms with Crippen LogP contribution in [0.15, 0.2) is 24.3 Å². The molecule has 0 bridgehead atoms. The number of hydrogen-bond donors (Lipinski definition) is 1. The van der Waals surface area contributed by atoms with Crippen molar-refractivity contribution in [1.82, 2.24) is 20.0 Å². The quantitative estimate of drug-likeness (QED) is 0.149. The summed E-state index contributed by atoms with van der Waals surface area (Å²) in [5.41, 5.74) is -7.24. The maximum atomic E-state index is 16.3. The van der Waals surface area contributed by atoms with Gasteiger partial charge in [0.15, 0.2) is 0 Å². The topological polar surface area (TPSA) is 187 Å². The first kappa shape index (κ1) is 47.4. The molecule has 4 aliphatic heterocycles. The molecule has 1 aromatic carbocycles. The molecular weight excluding hydrogens is 854 g/mol. The first-order chi connectivity index (χ1) is 29.1. The van der Waals surface area contributed by atoms with Crippen molar-refractivity contribution >= 4 is 64.6 Å². The maximum Gasteiger partial charge on any atom is 0.410 e. The summed E-state index contributed by atoms with van der Waals surface area (Å²) in [6, 6.07) is 2.86. The number of piperidine rings is 1. The molecule has 62 heavy (non-hydrogen) atoms. The molecule has 0 spiro atoms. The molecular formula is C42H57F2N4O12PS. The molecule has 5 heterocycles. The van der Waals surface area contributed by atoms with Crippen molar-refractivity contribution in [1.29, 1.82) is 0 Å². The zero-order chi connectivity index (χ0) is 45.2. The number of esters is 2. The van der Waals surface area contributed by atoms with Crippen molar-refractivity contribution in [2.24, 2.45) is 16.7 Å². The summed E-state index contributed by atoms with van der Waals surface area (Å²) in [6.45, 7) is 9.44. The normalized spacial score (nSPS) is 22.0. The molecule has 4 amide bonds. The van der Waals surface area contributed by atoms with Gasteiger partial charge in [0, 0.05) is 42.5 Å². The van der Waals surface area contributed by atoms with Crippen LogP contribution in [0, 0.1) is 16.7 Å². The summed E-state index contributed by atoms with van der Waals surface area (Å²) in [5.74, 6) is -3.10. The molecule has 342 valence electrons. The minimum atomic E-state index is -5.59. The number of amides is 4. The predicted molar refractivity (Wildman–Crippen MR) is 222 cm³/mol. The molecule has 3 atom stereocenters. The van der Waals surface area contributed by atoms with Gasteiger partial charge in [-0.05, 0) is 97.2 Å². The van der Waals surface area contributed by atoms with E-state index in [-0.39, 0.29) is 53.0 Å². The molecule has 0 saturated carbocycles. The largest absolute Gasteiger partial charge is 0.438 e. The van der Waals surface area contributed by atoms with Gasteiger partial charge >= 0.3 is 25.2 Å². The van der Waals surface area contributed by atoms with Crippen LogP contribution in [0.5, 0.6) is 0 Å². The van der Waals surface area contributed by atoms with Gasteiger partial charge in [-0.2, -0.15) is 8.78 Å². The van der Waals surface area contributed by atoms with Gasteiger partial charge in [0.2, 0.25) is 31.3 Å². The Morgan fingerprint density at radius 1 is 0.823 bits per heavy atom. The van der Waals surface area contributed by atoms with Crippen LogP contribution in [-0.4, -0.2) is 121 Å². The summed E-state index contributed by atoms with van der Waals surface area (Å²) >= 11 is 0.998. The van der Waals surface area contributed by atoms with E-state index in [2.05, 4.69) is 5.32 Å². The lowest BCUT2D eigenvalue weighted by atomic mass is 9.87. The third-order valence-electron chi connectivity index (χ3n) is 11.5. The molecule has 20 heteroatoms. The van der Waals surface area contributed by atoms with Crippen LogP contribution in [0.1, 0.15) is 102 Å². The van der Waals surface area contributed by atoms with Crippen LogP contribution in [-0.2, 0) is 57.5 Å². The maximum absolute atomic E-state index is 16.3.